The minimum Gasteiger partial charge on any atom is -0.309 e. The van der Waals surface area contributed by atoms with Gasteiger partial charge in [-0.25, -0.2) is 4.98 Å². The molecule has 0 aliphatic heterocycles. The highest BCUT2D eigenvalue weighted by atomic mass is 15.0. The van der Waals surface area contributed by atoms with Crippen LogP contribution in [0.4, 0.5) is 0 Å². The zero-order valence-corrected chi connectivity index (χ0v) is 30.5. The van der Waals surface area contributed by atoms with Crippen molar-refractivity contribution in [1.82, 2.24) is 14.1 Å². The number of benzene rings is 8. The molecule has 11 aromatic rings. The Bertz CT molecular complexity index is 3060. The maximum absolute atomic E-state index is 5.13. The maximum atomic E-state index is 5.13. The molecule has 0 fully saturated rings. The van der Waals surface area contributed by atoms with E-state index in [0.717, 1.165) is 56.1 Å². The third-order valence-corrected chi connectivity index (χ3v) is 11.1. The highest BCUT2D eigenvalue weighted by molar-refractivity contribution is 6.11. The van der Waals surface area contributed by atoms with E-state index in [4.69, 9.17) is 4.98 Å². The van der Waals surface area contributed by atoms with Crippen LogP contribution in [0.25, 0.3) is 99.8 Å². The number of hydrogen-bond acceptors (Lipinski definition) is 1. The van der Waals surface area contributed by atoms with Gasteiger partial charge in [0.2, 0.25) is 0 Å². The topological polar surface area (TPSA) is 22.8 Å². The molecule has 0 bridgehead atoms. The summed E-state index contributed by atoms with van der Waals surface area (Å²) in [4.78, 5) is 5.13. The second-order valence-electron chi connectivity index (χ2n) is 14.4. The maximum Gasteiger partial charge on any atom is 0.0715 e. The van der Waals surface area contributed by atoms with Crippen LogP contribution < -0.4 is 0 Å². The molecule has 0 saturated heterocycles. The van der Waals surface area contributed by atoms with Crippen LogP contribution in [0.15, 0.2) is 212 Å². The SMILES string of the molecule is c1ccc(-c2cc(-c3ccc(-c4cc(-n5c6ccccc6c6ccccc65)ccc4-n4c5ccccc5c5ccccc54)cc3)cc(-c3ccccc3)n2)cc1. The Morgan fingerprint density at radius 3 is 1.18 bits per heavy atom. The average molecular weight is 714 g/mol. The zero-order chi connectivity index (χ0) is 37.0. The van der Waals surface area contributed by atoms with Crippen LogP contribution in [0.3, 0.4) is 0 Å². The molecule has 0 saturated carbocycles. The molecule has 56 heavy (non-hydrogen) atoms. The van der Waals surface area contributed by atoms with Gasteiger partial charge < -0.3 is 9.13 Å². The zero-order valence-electron chi connectivity index (χ0n) is 30.5. The Kier molecular flexibility index (Phi) is 7.49. The van der Waals surface area contributed by atoms with Gasteiger partial charge in [0.05, 0.1) is 39.1 Å². The van der Waals surface area contributed by atoms with Crippen molar-refractivity contribution < 1.29 is 0 Å². The lowest BCUT2D eigenvalue weighted by molar-refractivity contribution is 1.15. The van der Waals surface area contributed by atoms with Gasteiger partial charge in [-0.3, -0.25) is 0 Å². The van der Waals surface area contributed by atoms with Gasteiger partial charge in [-0.05, 0) is 71.3 Å². The molecule has 3 nitrogen and oxygen atoms in total. The first-order valence-corrected chi connectivity index (χ1v) is 19.1. The summed E-state index contributed by atoms with van der Waals surface area (Å²) in [5, 5.41) is 5.00. The smallest absolute Gasteiger partial charge is 0.0715 e. The van der Waals surface area contributed by atoms with Crippen LogP contribution in [0.5, 0.6) is 0 Å². The van der Waals surface area contributed by atoms with Crippen molar-refractivity contribution in [1.29, 1.82) is 0 Å². The molecule has 0 atom stereocenters. The first-order valence-electron chi connectivity index (χ1n) is 19.1. The van der Waals surface area contributed by atoms with Crippen LogP contribution in [0.2, 0.25) is 0 Å². The molecule has 8 aromatic carbocycles. The summed E-state index contributed by atoms with van der Waals surface area (Å²) in [6, 6.07) is 76.3. The van der Waals surface area contributed by atoms with E-state index in [1.165, 1.54) is 43.6 Å². The Labute approximate surface area is 325 Å². The molecule has 0 aliphatic rings. The molecular formula is C53H35N3. The second kappa shape index (κ2) is 13.1. The summed E-state index contributed by atoms with van der Waals surface area (Å²) >= 11 is 0. The number of nitrogens with zero attached hydrogens (tertiary/aromatic N) is 3. The Balaban J connectivity index is 1.12. The summed E-state index contributed by atoms with van der Waals surface area (Å²) in [5.74, 6) is 0. The fraction of sp³-hybridized carbons (Fsp3) is 0. The van der Waals surface area contributed by atoms with E-state index in [1.54, 1.807) is 0 Å². The van der Waals surface area contributed by atoms with Crippen LogP contribution in [0, 0.1) is 0 Å². The second-order valence-corrected chi connectivity index (χ2v) is 14.4. The van der Waals surface area contributed by atoms with Crippen molar-refractivity contribution in [2.75, 3.05) is 0 Å². The van der Waals surface area contributed by atoms with Crippen molar-refractivity contribution in [3.05, 3.63) is 212 Å². The van der Waals surface area contributed by atoms with E-state index in [-0.39, 0.29) is 0 Å². The molecule has 0 spiro atoms. The van der Waals surface area contributed by atoms with Gasteiger partial charge in [0, 0.05) is 43.9 Å². The van der Waals surface area contributed by atoms with Gasteiger partial charge in [0.1, 0.15) is 0 Å². The van der Waals surface area contributed by atoms with Gasteiger partial charge in [-0.2, -0.15) is 0 Å². The molecule has 0 radical (unpaired) electrons. The first kappa shape index (κ1) is 32.0. The van der Waals surface area contributed by atoms with Crippen LogP contribution >= 0.6 is 0 Å². The van der Waals surface area contributed by atoms with Crippen molar-refractivity contribution in [3.63, 3.8) is 0 Å². The van der Waals surface area contributed by atoms with Gasteiger partial charge in [-0.15, -0.1) is 0 Å². The average Bonchev–Trinajstić information content (AvgIpc) is 3.80. The van der Waals surface area contributed by atoms with Crippen LogP contribution in [0.1, 0.15) is 0 Å². The summed E-state index contributed by atoms with van der Waals surface area (Å²) in [7, 11) is 0. The van der Waals surface area contributed by atoms with E-state index in [0.29, 0.717) is 0 Å². The lowest BCUT2D eigenvalue weighted by Crippen LogP contribution is -2.00. The largest absolute Gasteiger partial charge is 0.309 e. The van der Waals surface area contributed by atoms with Gasteiger partial charge in [0.25, 0.3) is 0 Å². The predicted octanol–water partition coefficient (Wildman–Crippen LogP) is 13.9. The molecule has 3 heteroatoms. The molecular weight excluding hydrogens is 679 g/mol. The third-order valence-electron chi connectivity index (χ3n) is 11.1. The fourth-order valence-corrected chi connectivity index (χ4v) is 8.53. The van der Waals surface area contributed by atoms with Crippen molar-refractivity contribution in [2.45, 2.75) is 0 Å². The van der Waals surface area contributed by atoms with Crippen molar-refractivity contribution in [2.24, 2.45) is 0 Å². The first-order chi connectivity index (χ1) is 27.8. The van der Waals surface area contributed by atoms with Crippen LogP contribution in [-0.2, 0) is 0 Å². The lowest BCUT2D eigenvalue weighted by Gasteiger charge is -2.18. The molecule has 262 valence electrons. The standard InChI is InChI=1S/C53H35N3/c1-3-15-38(16-4-1)47-33-40(34-48(54-47)39-17-5-2-6-18-39)36-27-29-37(30-28-36)46-35-41(55-49-23-11-7-19-42(49)43-20-8-12-24-50(43)55)31-32-53(46)56-51-25-13-9-21-44(51)45-22-10-14-26-52(45)56/h1-35H. The van der Waals surface area contributed by atoms with Gasteiger partial charge in [0.15, 0.2) is 0 Å². The summed E-state index contributed by atoms with van der Waals surface area (Å²) in [5.41, 5.74) is 15.7. The Hall–Kier alpha value is -7.49. The summed E-state index contributed by atoms with van der Waals surface area (Å²) < 4.78 is 4.84. The monoisotopic (exact) mass is 713 g/mol. The minimum absolute atomic E-state index is 0.957. The molecule has 0 unspecified atom stereocenters. The fourth-order valence-electron chi connectivity index (χ4n) is 8.53. The number of para-hydroxylation sites is 4. The number of pyridine rings is 1. The molecule has 3 heterocycles. The highest BCUT2D eigenvalue weighted by Gasteiger charge is 2.19. The van der Waals surface area contributed by atoms with Crippen LogP contribution in [-0.4, -0.2) is 14.1 Å². The minimum atomic E-state index is 0.957. The number of fused-ring (bicyclic) bond motifs is 6. The quantitative estimate of drug-likeness (QED) is 0.168. The third kappa shape index (κ3) is 5.25. The number of hydrogen-bond donors (Lipinski definition) is 0. The highest BCUT2D eigenvalue weighted by Crippen LogP contribution is 2.40. The molecule has 11 rings (SSSR count). The normalized spacial score (nSPS) is 11.6. The van der Waals surface area contributed by atoms with E-state index >= 15 is 0 Å². The summed E-state index contributed by atoms with van der Waals surface area (Å²) in [6.45, 7) is 0. The molecule has 0 amide bonds. The Morgan fingerprint density at radius 1 is 0.286 bits per heavy atom. The van der Waals surface area contributed by atoms with E-state index < -0.39 is 0 Å². The molecule has 0 aliphatic carbocycles. The Morgan fingerprint density at radius 2 is 0.696 bits per heavy atom. The van der Waals surface area contributed by atoms with E-state index in [2.05, 4.69) is 209 Å². The van der Waals surface area contributed by atoms with Gasteiger partial charge in [-0.1, -0.05) is 158 Å². The van der Waals surface area contributed by atoms with E-state index in [9.17, 15) is 0 Å². The lowest BCUT2D eigenvalue weighted by atomic mass is 9.96. The summed E-state index contributed by atoms with van der Waals surface area (Å²) in [6.07, 6.45) is 0. The predicted molar refractivity (Wildman–Crippen MR) is 235 cm³/mol. The molecule has 0 N–H and O–H groups in total. The molecule has 3 aromatic heterocycles. The van der Waals surface area contributed by atoms with Crippen molar-refractivity contribution >= 4 is 43.6 Å². The number of aromatic nitrogens is 3. The van der Waals surface area contributed by atoms with E-state index in [1.807, 2.05) is 12.1 Å². The number of rotatable bonds is 6. The van der Waals surface area contributed by atoms with Gasteiger partial charge >= 0.3 is 0 Å². The van der Waals surface area contributed by atoms with Crippen molar-refractivity contribution in [3.8, 4) is 56.1 Å².